The zero-order valence-corrected chi connectivity index (χ0v) is 17.1. The summed E-state index contributed by atoms with van der Waals surface area (Å²) in [6.07, 6.45) is 5.07. The first-order chi connectivity index (χ1) is 13.5. The molecule has 28 heavy (non-hydrogen) atoms. The smallest absolute Gasteiger partial charge is 0.319 e. The van der Waals surface area contributed by atoms with E-state index >= 15 is 0 Å². The van der Waals surface area contributed by atoms with Gasteiger partial charge in [-0.3, -0.25) is 4.79 Å². The number of carbonyl (C=O) groups excluding carboxylic acids is 2. The maximum absolute atomic E-state index is 12.5. The Bertz CT molecular complexity index is 834. The average Bonchev–Trinajstić information content (AvgIpc) is 3.16. The molecule has 2 aromatic carbocycles. The molecule has 5 nitrogen and oxygen atoms in total. The van der Waals surface area contributed by atoms with Crippen LogP contribution in [0.25, 0.3) is 0 Å². The SMILES string of the molecule is CC(=O)Nc1cccc([C@@H](C)NC(=O)Nc2ccccc2SC2CCCC2)c1. The second-order valence-electron chi connectivity index (χ2n) is 7.15. The lowest BCUT2D eigenvalue weighted by Gasteiger charge is -2.18. The molecule has 1 saturated carbocycles. The van der Waals surface area contributed by atoms with Crippen molar-refractivity contribution in [3.8, 4) is 0 Å². The molecule has 1 fully saturated rings. The molecule has 3 amide bonds. The molecule has 1 aliphatic rings. The zero-order valence-electron chi connectivity index (χ0n) is 16.3. The van der Waals surface area contributed by atoms with Crippen molar-refractivity contribution >= 4 is 35.1 Å². The molecule has 2 aromatic rings. The lowest BCUT2D eigenvalue weighted by molar-refractivity contribution is -0.114. The highest BCUT2D eigenvalue weighted by Crippen LogP contribution is 2.38. The summed E-state index contributed by atoms with van der Waals surface area (Å²) in [6.45, 7) is 3.40. The molecule has 3 N–H and O–H groups in total. The lowest BCUT2D eigenvalue weighted by atomic mass is 10.1. The maximum Gasteiger partial charge on any atom is 0.319 e. The second-order valence-corrected chi connectivity index (χ2v) is 8.49. The van der Waals surface area contributed by atoms with E-state index in [0.717, 1.165) is 21.8 Å². The van der Waals surface area contributed by atoms with Gasteiger partial charge in [-0.05, 0) is 49.6 Å². The number of rotatable bonds is 6. The number of hydrogen-bond acceptors (Lipinski definition) is 3. The minimum Gasteiger partial charge on any atom is -0.331 e. The van der Waals surface area contributed by atoms with E-state index < -0.39 is 0 Å². The Balaban J connectivity index is 1.61. The van der Waals surface area contributed by atoms with Crippen molar-refractivity contribution in [1.82, 2.24) is 5.32 Å². The van der Waals surface area contributed by atoms with Gasteiger partial charge in [0.1, 0.15) is 0 Å². The Morgan fingerprint density at radius 3 is 2.54 bits per heavy atom. The molecule has 0 unspecified atom stereocenters. The third-order valence-corrected chi connectivity index (χ3v) is 6.20. The number of nitrogens with one attached hydrogen (secondary N) is 3. The zero-order chi connectivity index (χ0) is 19.9. The molecule has 148 valence electrons. The van der Waals surface area contributed by atoms with Crippen molar-refractivity contribution in [2.75, 3.05) is 10.6 Å². The number of para-hydroxylation sites is 1. The minimum atomic E-state index is -0.239. The highest BCUT2D eigenvalue weighted by atomic mass is 32.2. The number of anilines is 2. The third kappa shape index (κ3) is 5.76. The van der Waals surface area contributed by atoms with Crippen LogP contribution in [0.5, 0.6) is 0 Å². The summed E-state index contributed by atoms with van der Waals surface area (Å²) in [5, 5.41) is 9.37. The first kappa shape index (κ1) is 20.3. The summed E-state index contributed by atoms with van der Waals surface area (Å²) in [6, 6.07) is 15.0. The van der Waals surface area contributed by atoms with Gasteiger partial charge < -0.3 is 16.0 Å². The Morgan fingerprint density at radius 1 is 1.04 bits per heavy atom. The van der Waals surface area contributed by atoms with E-state index in [1.165, 1.54) is 32.6 Å². The van der Waals surface area contributed by atoms with Crippen molar-refractivity contribution in [2.24, 2.45) is 0 Å². The first-order valence-corrected chi connectivity index (χ1v) is 10.6. The van der Waals surface area contributed by atoms with E-state index in [1.807, 2.05) is 61.2 Å². The van der Waals surface area contributed by atoms with Gasteiger partial charge in [0, 0.05) is 22.8 Å². The Kier molecular flexibility index (Phi) is 6.98. The third-order valence-electron chi connectivity index (χ3n) is 4.79. The van der Waals surface area contributed by atoms with Crippen molar-refractivity contribution in [2.45, 2.75) is 55.7 Å². The van der Waals surface area contributed by atoms with Gasteiger partial charge in [0.25, 0.3) is 0 Å². The fourth-order valence-corrected chi connectivity index (χ4v) is 4.72. The van der Waals surface area contributed by atoms with Gasteiger partial charge in [0.15, 0.2) is 0 Å². The quantitative estimate of drug-likeness (QED) is 0.597. The number of amides is 3. The predicted molar refractivity (Wildman–Crippen MR) is 116 cm³/mol. The second kappa shape index (κ2) is 9.64. The number of carbonyl (C=O) groups is 2. The highest BCUT2D eigenvalue weighted by Gasteiger charge is 2.18. The van der Waals surface area contributed by atoms with Gasteiger partial charge in [0.2, 0.25) is 5.91 Å². The van der Waals surface area contributed by atoms with Crippen LogP contribution in [0.15, 0.2) is 53.4 Å². The first-order valence-electron chi connectivity index (χ1n) is 9.72. The summed E-state index contributed by atoms with van der Waals surface area (Å²) >= 11 is 1.86. The van der Waals surface area contributed by atoms with Crippen molar-refractivity contribution < 1.29 is 9.59 Å². The largest absolute Gasteiger partial charge is 0.331 e. The van der Waals surface area contributed by atoms with E-state index in [0.29, 0.717) is 5.25 Å². The summed E-state index contributed by atoms with van der Waals surface area (Å²) < 4.78 is 0. The number of urea groups is 1. The van der Waals surface area contributed by atoms with Crippen LogP contribution in [0.1, 0.15) is 51.1 Å². The molecule has 1 aliphatic carbocycles. The topological polar surface area (TPSA) is 70.2 Å². The predicted octanol–water partition coefficient (Wildman–Crippen LogP) is 5.56. The monoisotopic (exact) mass is 397 g/mol. The van der Waals surface area contributed by atoms with Gasteiger partial charge >= 0.3 is 6.03 Å². The molecule has 1 atom stereocenters. The van der Waals surface area contributed by atoms with Crippen molar-refractivity contribution in [3.05, 3.63) is 54.1 Å². The Labute approximate surface area is 170 Å². The Morgan fingerprint density at radius 2 is 1.79 bits per heavy atom. The van der Waals surface area contributed by atoms with Crippen LogP contribution in [-0.2, 0) is 4.79 Å². The van der Waals surface area contributed by atoms with E-state index in [1.54, 1.807) is 0 Å². The Hall–Kier alpha value is -2.47. The van der Waals surface area contributed by atoms with Gasteiger partial charge in [-0.15, -0.1) is 11.8 Å². The van der Waals surface area contributed by atoms with Crippen molar-refractivity contribution in [1.29, 1.82) is 0 Å². The van der Waals surface area contributed by atoms with Gasteiger partial charge in [0.05, 0.1) is 11.7 Å². The van der Waals surface area contributed by atoms with E-state index in [9.17, 15) is 9.59 Å². The summed E-state index contributed by atoms with van der Waals surface area (Å²) in [5.74, 6) is -0.119. The summed E-state index contributed by atoms with van der Waals surface area (Å²) in [5.41, 5.74) is 2.49. The molecule has 0 bridgehead atoms. The minimum absolute atomic E-state index is 0.119. The molecular weight excluding hydrogens is 370 g/mol. The van der Waals surface area contributed by atoms with Crippen LogP contribution in [0, 0.1) is 0 Å². The highest BCUT2D eigenvalue weighted by molar-refractivity contribution is 8.00. The molecule has 0 heterocycles. The van der Waals surface area contributed by atoms with Crippen LogP contribution in [0.2, 0.25) is 0 Å². The number of hydrogen-bond donors (Lipinski definition) is 3. The molecule has 0 saturated heterocycles. The molecule has 0 radical (unpaired) electrons. The molecule has 0 aliphatic heterocycles. The molecule has 0 spiro atoms. The van der Waals surface area contributed by atoms with Crippen LogP contribution in [-0.4, -0.2) is 17.2 Å². The molecular formula is C22H27N3O2S. The van der Waals surface area contributed by atoms with Gasteiger partial charge in [-0.2, -0.15) is 0 Å². The van der Waals surface area contributed by atoms with Gasteiger partial charge in [-0.25, -0.2) is 4.79 Å². The fraction of sp³-hybridized carbons (Fsp3) is 0.364. The maximum atomic E-state index is 12.5. The van der Waals surface area contributed by atoms with Crippen LogP contribution in [0.4, 0.5) is 16.2 Å². The van der Waals surface area contributed by atoms with Crippen LogP contribution < -0.4 is 16.0 Å². The van der Waals surface area contributed by atoms with E-state index in [2.05, 4.69) is 22.0 Å². The molecule has 0 aromatic heterocycles. The fourth-order valence-electron chi connectivity index (χ4n) is 3.39. The standard InChI is InChI=1S/C22H27N3O2S/c1-15(17-8-7-9-18(14-17)24-16(2)26)23-22(27)25-20-12-5-6-13-21(20)28-19-10-3-4-11-19/h5-9,12-15,19H,3-4,10-11H2,1-2H3,(H,24,26)(H2,23,25,27)/t15-/m1/s1. The summed E-state index contributed by atoms with van der Waals surface area (Å²) in [7, 11) is 0. The number of benzene rings is 2. The number of thioether (sulfide) groups is 1. The normalized spacial score (nSPS) is 15.1. The van der Waals surface area contributed by atoms with Crippen molar-refractivity contribution in [3.63, 3.8) is 0 Å². The molecule has 3 rings (SSSR count). The van der Waals surface area contributed by atoms with Crippen LogP contribution >= 0.6 is 11.8 Å². The van der Waals surface area contributed by atoms with E-state index in [-0.39, 0.29) is 18.0 Å². The molecule has 6 heteroatoms. The van der Waals surface area contributed by atoms with Gasteiger partial charge in [-0.1, -0.05) is 37.1 Å². The van der Waals surface area contributed by atoms with Crippen LogP contribution in [0.3, 0.4) is 0 Å². The lowest BCUT2D eigenvalue weighted by Crippen LogP contribution is -2.31. The average molecular weight is 398 g/mol. The van der Waals surface area contributed by atoms with E-state index in [4.69, 9.17) is 0 Å². The summed E-state index contributed by atoms with van der Waals surface area (Å²) in [4.78, 5) is 24.9.